The van der Waals surface area contributed by atoms with Crippen molar-refractivity contribution in [3.63, 3.8) is 0 Å². The lowest BCUT2D eigenvalue weighted by atomic mass is 10.2. The van der Waals surface area contributed by atoms with Crippen molar-refractivity contribution in [2.45, 2.75) is 29.1 Å². The van der Waals surface area contributed by atoms with Crippen LogP contribution in [0.25, 0.3) is 34.2 Å². The monoisotopic (exact) mass is 655 g/mol. The topological polar surface area (TPSA) is 130 Å². The van der Waals surface area contributed by atoms with Crippen molar-refractivity contribution in [2.75, 3.05) is 5.75 Å². The summed E-state index contributed by atoms with van der Waals surface area (Å²) in [6.07, 6.45) is 1.28. The molecule has 3 heterocycles. The Labute approximate surface area is 235 Å². The second-order valence-electron chi connectivity index (χ2n) is 8.41. The number of nitrogens with zero attached hydrogens (tertiary/aromatic N) is 5. The maximum Gasteiger partial charge on any atom is 0.475 e. The Morgan fingerprint density at radius 1 is 1.07 bits per heavy atom. The maximum absolute atomic E-state index is 13.2. The molecule has 0 aliphatic carbocycles. The van der Waals surface area contributed by atoms with E-state index in [1.54, 1.807) is 12.1 Å². The maximum atomic E-state index is 13.2. The SMILES string of the molecule is CCS(=O)(=O)c1ccc(-n2ncn(-c3ccc(C)c(Br)c3)c2=O)nc1-c1nc2cc(S(=O)C(F)(F)F)ccc2o1. The van der Waals surface area contributed by atoms with Crippen LogP contribution in [0, 0.1) is 6.92 Å². The molecule has 10 nitrogen and oxygen atoms in total. The Hall–Kier alpha value is -3.63. The van der Waals surface area contributed by atoms with Crippen LogP contribution in [0.1, 0.15) is 12.5 Å². The Kier molecular flexibility index (Phi) is 7.04. The predicted molar refractivity (Wildman–Crippen MR) is 143 cm³/mol. The molecule has 0 bridgehead atoms. The molecule has 1 atom stereocenters. The number of rotatable bonds is 6. The lowest BCUT2D eigenvalue weighted by molar-refractivity contribution is -0.0384. The van der Waals surface area contributed by atoms with E-state index in [0.29, 0.717) is 5.69 Å². The number of hydrogen-bond acceptors (Lipinski definition) is 8. The van der Waals surface area contributed by atoms with E-state index < -0.39 is 36.7 Å². The highest BCUT2D eigenvalue weighted by atomic mass is 79.9. The van der Waals surface area contributed by atoms with E-state index in [0.717, 1.165) is 32.9 Å². The first kappa shape index (κ1) is 27.9. The van der Waals surface area contributed by atoms with Crippen LogP contribution in [0.3, 0.4) is 0 Å². The summed E-state index contributed by atoms with van der Waals surface area (Å²) in [5.41, 5.74) is -4.46. The summed E-state index contributed by atoms with van der Waals surface area (Å²) >= 11 is 3.42. The van der Waals surface area contributed by atoms with Crippen molar-refractivity contribution in [3.8, 4) is 23.1 Å². The van der Waals surface area contributed by atoms with E-state index >= 15 is 0 Å². The zero-order chi connectivity index (χ0) is 29.0. The fourth-order valence-electron chi connectivity index (χ4n) is 3.74. The van der Waals surface area contributed by atoms with E-state index in [2.05, 4.69) is 31.0 Å². The highest BCUT2D eigenvalue weighted by Gasteiger charge is 2.38. The van der Waals surface area contributed by atoms with Crippen LogP contribution in [0.2, 0.25) is 0 Å². The number of fused-ring (bicyclic) bond motifs is 1. The Morgan fingerprint density at radius 2 is 1.82 bits per heavy atom. The first-order valence-corrected chi connectivity index (χ1v) is 15.0. The van der Waals surface area contributed by atoms with Crippen LogP contribution in [-0.2, 0) is 20.6 Å². The molecule has 3 aromatic heterocycles. The normalized spacial score (nSPS) is 13.2. The fraction of sp³-hybridized carbons (Fsp3) is 0.167. The molecule has 208 valence electrons. The smallest absolute Gasteiger partial charge is 0.435 e. The lowest BCUT2D eigenvalue weighted by Crippen LogP contribution is -2.23. The van der Waals surface area contributed by atoms with Crippen molar-refractivity contribution in [1.29, 1.82) is 0 Å². The Balaban J connectivity index is 1.65. The molecule has 5 rings (SSSR count). The molecule has 0 aliphatic rings. The van der Waals surface area contributed by atoms with Crippen molar-refractivity contribution < 1.29 is 30.2 Å². The number of alkyl halides is 3. The van der Waals surface area contributed by atoms with Gasteiger partial charge in [-0.25, -0.2) is 32.0 Å². The number of halogens is 4. The van der Waals surface area contributed by atoms with Gasteiger partial charge in [-0.2, -0.15) is 23.0 Å². The summed E-state index contributed by atoms with van der Waals surface area (Å²) in [5, 5.41) is 4.11. The van der Waals surface area contributed by atoms with Gasteiger partial charge in [0.1, 0.15) is 17.5 Å². The summed E-state index contributed by atoms with van der Waals surface area (Å²) < 4.78 is 85.0. The van der Waals surface area contributed by atoms with Gasteiger partial charge in [0, 0.05) is 4.47 Å². The second kappa shape index (κ2) is 10.1. The molecule has 0 radical (unpaired) electrons. The third-order valence-corrected chi connectivity index (χ3v) is 9.58. The molecule has 2 aromatic carbocycles. The molecule has 1 unspecified atom stereocenters. The van der Waals surface area contributed by atoms with Gasteiger partial charge in [-0.05, 0) is 55.0 Å². The van der Waals surface area contributed by atoms with Crippen LogP contribution >= 0.6 is 15.9 Å². The average molecular weight is 656 g/mol. The number of aromatic nitrogens is 5. The minimum Gasteiger partial charge on any atom is -0.435 e. The van der Waals surface area contributed by atoms with Crippen LogP contribution in [0.15, 0.2) is 78.3 Å². The molecule has 40 heavy (non-hydrogen) atoms. The zero-order valence-corrected chi connectivity index (χ0v) is 23.7. The van der Waals surface area contributed by atoms with Gasteiger partial charge in [-0.3, -0.25) is 0 Å². The minimum absolute atomic E-state index is 0.0105. The van der Waals surface area contributed by atoms with Gasteiger partial charge in [0.05, 0.1) is 21.2 Å². The molecule has 0 aliphatic heterocycles. The van der Waals surface area contributed by atoms with Crippen molar-refractivity contribution in [1.82, 2.24) is 24.3 Å². The quantitative estimate of drug-likeness (QED) is 0.257. The zero-order valence-electron chi connectivity index (χ0n) is 20.5. The van der Waals surface area contributed by atoms with Crippen molar-refractivity contribution in [2.24, 2.45) is 0 Å². The van der Waals surface area contributed by atoms with Gasteiger partial charge in [-0.1, -0.05) is 28.9 Å². The van der Waals surface area contributed by atoms with Gasteiger partial charge < -0.3 is 4.42 Å². The summed E-state index contributed by atoms with van der Waals surface area (Å²) in [7, 11) is -7.19. The minimum atomic E-state index is -4.98. The van der Waals surface area contributed by atoms with Crippen LogP contribution in [0.5, 0.6) is 0 Å². The van der Waals surface area contributed by atoms with Gasteiger partial charge in [0.25, 0.3) is 0 Å². The van der Waals surface area contributed by atoms with Crippen molar-refractivity contribution in [3.05, 3.63) is 75.4 Å². The molecule has 0 saturated heterocycles. The molecular formula is C24H17BrF3N5O5S2. The number of pyridine rings is 1. The van der Waals surface area contributed by atoms with Gasteiger partial charge >= 0.3 is 11.2 Å². The largest absolute Gasteiger partial charge is 0.475 e. The summed E-state index contributed by atoms with van der Waals surface area (Å²) in [6.45, 7) is 3.31. The number of benzene rings is 2. The summed E-state index contributed by atoms with van der Waals surface area (Å²) in [6, 6.07) is 10.9. The van der Waals surface area contributed by atoms with Crippen molar-refractivity contribution >= 4 is 47.7 Å². The van der Waals surface area contributed by atoms with Crippen LogP contribution < -0.4 is 5.69 Å². The molecule has 0 N–H and O–H groups in total. The van der Waals surface area contributed by atoms with E-state index in [4.69, 9.17) is 4.42 Å². The Morgan fingerprint density at radius 3 is 2.50 bits per heavy atom. The molecule has 0 spiro atoms. The third kappa shape index (κ3) is 5.01. The number of aryl methyl sites for hydroxylation is 1. The van der Waals surface area contributed by atoms with Gasteiger partial charge in [0.2, 0.25) is 5.89 Å². The average Bonchev–Trinajstić information content (AvgIpc) is 3.52. The molecule has 0 amide bonds. The van der Waals surface area contributed by atoms with Gasteiger partial charge in [0.15, 0.2) is 32.0 Å². The van der Waals surface area contributed by atoms with E-state index in [1.807, 2.05) is 13.0 Å². The first-order chi connectivity index (χ1) is 18.8. The van der Waals surface area contributed by atoms with E-state index in [-0.39, 0.29) is 39.2 Å². The molecule has 5 aromatic rings. The second-order valence-corrected chi connectivity index (χ2v) is 13.0. The molecule has 16 heteroatoms. The highest BCUT2D eigenvalue weighted by Crippen LogP contribution is 2.32. The number of hydrogen-bond donors (Lipinski definition) is 0. The summed E-state index contributed by atoms with van der Waals surface area (Å²) in [5.74, 6) is -0.679. The summed E-state index contributed by atoms with van der Waals surface area (Å²) in [4.78, 5) is 20.8. The van der Waals surface area contributed by atoms with E-state index in [1.165, 1.54) is 30.0 Å². The fourth-order valence-corrected chi connectivity index (χ4v) is 5.80. The van der Waals surface area contributed by atoms with Crippen LogP contribution in [-0.4, -0.2) is 48.2 Å². The Bertz CT molecular complexity index is 1980. The third-order valence-electron chi connectivity index (χ3n) is 5.86. The number of oxazole rings is 1. The number of sulfone groups is 1. The van der Waals surface area contributed by atoms with E-state index in [9.17, 15) is 30.6 Å². The molecular weight excluding hydrogens is 639 g/mol. The highest BCUT2D eigenvalue weighted by molar-refractivity contribution is 9.10. The lowest BCUT2D eigenvalue weighted by Gasteiger charge is -2.08. The standard InChI is InChI=1S/C24H17BrF3N5O5S2/c1-3-40(36,37)19-8-9-20(33-23(34)32(12-29-33)14-5-4-13(2)16(25)10-14)31-21(19)22-30-17-11-15(6-7-18(17)38-22)39(35)24(26,27)28/h4-12H,3H2,1-2H3. The molecule has 0 fully saturated rings. The van der Waals surface area contributed by atoms with Gasteiger partial charge in [-0.15, -0.1) is 0 Å². The first-order valence-electron chi connectivity index (χ1n) is 11.4. The predicted octanol–water partition coefficient (Wildman–Crippen LogP) is 4.72. The molecule has 0 saturated carbocycles. The van der Waals surface area contributed by atoms with Crippen LogP contribution in [0.4, 0.5) is 13.2 Å².